The van der Waals surface area contributed by atoms with Crippen LogP contribution in [0.3, 0.4) is 0 Å². The Kier molecular flexibility index (Phi) is 4.47. The number of rotatable bonds is 2. The summed E-state index contributed by atoms with van der Waals surface area (Å²) in [5, 5.41) is 10.7. The lowest BCUT2D eigenvalue weighted by Crippen LogP contribution is -1.92. The Morgan fingerprint density at radius 2 is 0.952 bits per heavy atom. The molecule has 194 valence electrons. The van der Waals surface area contributed by atoms with Gasteiger partial charge in [0.1, 0.15) is 0 Å². The first-order valence-corrected chi connectivity index (χ1v) is 15.5. The van der Waals surface area contributed by atoms with E-state index >= 15 is 0 Å². The Morgan fingerprint density at radius 1 is 0.381 bits per heavy atom. The lowest BCUT2D eigenvalue weighted by molar-refractivity contribution is 1.27. The Morgan fingerprint density at radius 3 is 1.76 bits per heavy atom. The van der Waals surface area contributed by atoms with E-state index in [1.165, 1.54) is 97.0 Å². The summed E-state index contributed by atoms with van der Waals surface area (Å²) < 4.78 is 2.72. The predicted molar refractivity (Wildman–Crippen MR) is 182 cm³/mol. The van der Waals surface area contributed by atoms with E-state index in [4.69, 9.17) is 0 Å². The zero-order valence-electron chi connectivity index (χ0n) is 22.8. The van der Waals surface area contributed by atoms with Gasteiger partial charge in [0.2, 0.25) is 0 Å². The fourth-order valence-corrected chi connectivity index (χ4v) is 8.87. The van der Waals surface area contributed by atoms with Crippen LogP contribution < -0.4 is 0 Å². The molecule has 0 atom stereocenters. The summed E-state index contributed by atoms with van der Waals surface area (Å²) in [5.41, 5.74) is 11.0. The molecule has 0 radical (unpaired) electrons. The summed E-state index contributed by atoms with van der Waals surface area (Å²) >= 11 is 1.91. The van der Waals surface area contributed by atoms with Crippen LogP contribution in [0.1, 0.15) is 11.1 Å². The van der Waals surface area contributed by atoms with Crippen molar-refractivity contribution in [2.24, 2.45) is 0 Å². The van der Waals surface area contributed by atoms with Crippen molar-refractivity contribution >= 4 is 63.8 Å². The third kappa shape index (κ3) is 2.96. The summed E-state index contributed by atoms with van der Waals surface area (Å²) in [7, 11) is 0. The average Bonchev–Trinajstić information content (AvgIpc) is 3.62. The fourth-order valence-electron chi connectivity index (χ4n) is 7.64. The lowest BCUT2D eigenvalue weighted by Gasteiger charge is -2.18. The van der Waals surface area contributed by atoms with E-state index in [1.807, 2.05) is 11.3 Å². The third-order valence-corrected chi connectivity index (χ3v) is 10.7. The highest BCUT2D eigenvalue weighted by molar-refractivity contribution is 7.26. The lowest BCUT2D eigenvalue weighted by atomic mass is 9.86. The zero-order chi connectivity index (χ0) is 27.4. The van der Waals surface area contributed by atoms with E-state index in [9.17, 15) is 0 Å². The molecule has 0 N–H and O–H groups in total. The van der Waals surface area contributed by atoms with Gasteiger partial charge in [0.25, 0.3) is 0 Å². The second kappa shape index (κ2) is 8.28. The minimum atomic E-state index is 0.993. The van der Waals surface area contributed by atoms with Gasteiger partial charge in [-0.15, -0.1) is 11.3 Å². The molecule has 0 nitrogen and oxygen atoms in total. The molecule has 0 aliphatic heterocycles. The topological polar surface area (TPSA) is 0 Å². The minimum Gasteiger partial charge on any atom is -0.135 e. The van der Waals surface area contributed by atoms with Crippen LogP contribution in [0, 0.1) is 0 Å². The zero-order valence-corrected chi connectivity index (χ0v) is 23.6. The average molecular weight is 549 g/mol. The standard InChI is InChI=1S/C41H24S/c1-2-8-27-26(7-1)23-37-28(27)10-5-11-29(37)30-19-15-24-18-22-34-31(20-16-25-17-21-33(30)39(24)40(25)34)35-12-6-13-36-32-9-3-4-14-38(32)42-41(35)36/h1-22H,23H2. The largest absolute Gasteiger partial charge is 0.135 e. The van der Waals surface area contributed by atoms with Gasteiger partial charge in [-0.3, -0.25) is 0 Å². The Balaban J connectivity index is 1.26. The van der Waals surface area contributed by atoms with Crippen LogP contribution in [0.4, 0.5) is 0 Å². The van der Waals surface area contributed by atoms with Crippen molar-refractivity contribution in [2.75, 3.05) is 0 Å². The molecule has 1 aliphatic rings. The molecule has 10 rings (SSSR count). The van der Waals surface area contributed by atoms with Gasteiger partial charge in [0, 0.05) is 25.7 Å². The highest BCUT2D eigenvalue weighted by Gasteiger charge is 2.23. The third-order valence-electron chi connectivity index (χ3n) is 9.50. The Hall–Kier alpha value is -4.98. The molecule has 0 bridgehead atoms. The van der Waals surface area contributed by atoms with Crippen molar-refractivity contribution in [2.45, 2.75) is 6.42 Å². The number of fused-ring (bicyclic) bond motifs is 6. The van der Waals surface area contributed by atoms with Gasteiger partial charge in [0.15, 0.2) is 0 Å². The normalized spacial score (nSPS) is 12.7. The van der Waals surface area contributed by atoms with Gasteiger partial charge in [-0.1, -0.05) is 127 Å². The smallest absolute Gasteiger partial charge is 0.0434 e. The molecule has 42 heavy (non-hydrogen) atoms. The monoisotopic (exact) mass is 548 g/mol. The van der Waals surface area contributed by atoms with Crippen molar-refractivity contribution < 1.29 is 0 Å². The van der Waals surface area contributed by atoms with Crippen molar-refractivity contribution in [3.8, 4) is 33.4 Å². The summed E-state index contributed by atoms with van der Waals surface area (Å²) in [4.78, 5) is 0. The van der Waals surface area contributed by atoms with E-state index in [2.05, 4.69) is 133 Å². The Labute approximate surface area is 247 Å². The maximum Gasteiger partial charge on any atom is 0.0434 e. The van der Waals surface area contributed by atoms with Crippen LogP contribution in [0.5, 0.6) is 0 Å². The second-order valence-electron chi connectivity index (χ2n) is 11.6. The van der Waals surface area contributed by atoms with Gasteiger partial charge in [0.05, 0.1) is 0 Å². The fraction of sp³-hybridized carbons (Fsp3) is 0.0244. The summed E-state index contributed by atoms with van der Waals surface area (Å²) in [6, 6.07) is 50.0. The predicted octanol–water partition coefficient (Wildman–Crippen LogP) is 11.9. The maximum absolute atomic E-state index is 2.35. The van der Waals surface area contributed by atoms with Crippen LogP contribution in [0.2, 0.25) is 0 Å². The Bertz CT molecular complexity index is 2540. The highest BCUT2D eigenvalue weighted by atomic mass is 32.1. The van der Waals surface area contributed by atoms with Crippen LogP contribution >= 0.6 is 11.3 Å². The van der Waals surface area contributed by atoms with Crippen LogP contribution in [0.15, 0.2) is 133 Å². The van der Waals surface area contributed by atoms with E-state index in [-0.39, 0.29) is 0 Å². The molecule has 0 fully saturated rings. The van der Waals surface area contributed by atoms with Crippen LogP contribution in [-0.4, -0.2) is 0 Å². The van der Waals surface area contributed by atoms with E-state index in [1.54, 1.807) is 0 Å². The van der Waals surface area contributed by atoms with Crippen molar-refractivity contribution in [3.63, 3.8) is 0 Å². The second-order valence-corrected chi connectivity index (χ2v) is 12.6. The molecule has 0 saturated carbocycles. The van der Waals surface area contributed by atoms with Crippen molar-refractivity contribution in [1.82, 2.24) is 0 Å². The first-order valence-electron chi connectivity index (χ1n) is 14.7. The van der Waals surface area contributed by atoms with Crippen molar-refractivity contribution in [3.05, 3.63) is 145 Å². The van der Waals surface area contributed by atoms with Gasteiger partial charge < -0.3 is 0 Å². The SMILES string of the molecule is c1ccc2c(c1)Cc1c-2cccc1-c1ccc2ccc3c(-c4cccc5c4sc4ccccc45)ccc4ccc1c2c43. The van der Waals surface area contributed by atoms with Gasteiger partial charge in [-0.25, -0.2) is 0 Å². The highest BCUT2D eigenvalue weighted by Crippen LogP contribution is 2.47. The first kappa shape index (κ1) is 22.7. The maximum atomic E-state index is 2.35. The first-order chi connectivity index (χ1) is 20.8. The summed E-state index contributed by atoms with van der Waals surface area (Å²) in [6.07, 6.45) is 0.993. The van der Waals surface area contributed by atoms with Crippen LogP contribution in [0.25, 0.3) is 85.9 Å². The quantitative estimate of drug-likeness (QED) is 0.188. The van der Waals surface area contributed by atoms with Gasteiger partial charge in [-0.05, 0) is 83.7 Å². The molecule has 1 heterocycles. The molecular formula is C41H24S. The molecule has 0 unspecified atom stereocenters. The molecule has 0 amide bonds. The molecule has 1 aromatic heterocycles. The summed E-state index contributed by atoms with van der Waals surface area (Å²) in [6.45, 7) is 0. The number of hydrogen-bond acceptors (Lipinski definition) is 1. The van der Waals surface area contributed by atoms with Crippen molar-refractivity contribution in [1.29, 1.82) is 0 Å². The molecule has 1 heteroatoms. The van der Waals surface area contributed by atoms with Gasteiger partial charge in [-0.2, -0.15) is 0 Å². The molecule has 0 spiro atoms. The molecular weight excluding hydrogens is 525 g/mol. The van der Waals surface area contributed by atoms with Gasteiger partial charge >= 0.3 is 0 Å². The number of benzene rings is 8. The van der Waals surface area contributed by atoms with Crippen LogP contribution in [-0.2, 0) is 6.42 Å². The molecule has 9 aromatic rings. The summed E-state index contributed by atoms with van der Waals surface area (Å²) in [5.74, 6) is 0. The van der Waals surface area contributed by atoms with E-state index in [0.717, 1.165) is 6.42 Å². The van der Waals surface area contributed by atoms with E-state index < -0.39 is 0 Å². The molecule has 1 aliphatic carbocycles. The van der Waals surface area contributed by atoms with E-state index in [0.29, 0.717) is 0 Å². The molecule has 8 aromatic carbocycles. The minimum absolute atomic E-state index is 0.993. The number of hydrogen-bond donors (Lipinski definition) is 0. The molecule has 0 saturated heterocycles. The number of thiophene rings is 1.